The number of rotatable bonds is 3. The number of hydrogen-bond acceptors (Lipinski definition) is 6. The van der Waals surface area contributed by atoms with Crippen molar-refractivity contribution in [2.75, 3.05) is 11.6 Å². The number of aromatic nitrogens is 3. The highest BCUT2D eigenvalue weighted by molar-refractivity contribution is 7.99. The second kappa shape index (κ2) is 4.09. The molecule has 14 heavy (non-hydrogen) atoms. The Balaban J connectivity index is 2.94. The molecule has 0 spiro atoms. The van der Waals surface area contributed by atoms with Gasteiger partial charge in [0, 0.05) is 0 Å². The predicted molar refractivity (Wildman–Crippen MR) is 49.5 cm³/mol. The SMILES string of the molecule is Cc1nnc(SCC(=O)O)n(N)c1=O. The van der Waals surface area contributed by atoms with E-state index in [2.05, 4.69) is 10.2 Å². The average molecular weight is 216 g/mol. The molecule has 0 aromatic carbocycles. The zero-order valence-corrected chi connectivity index (χ0v) is 8.11. The monoisotopic (exact) mass is 216 g/mol. The van der Waals surface area contributed by atoms with E-state index in [-0.39, 0.29) is 16.6 Å². The van der Waals surface area contributed by atoms with Gasteiger partial charge in [0.1, 0.15) is 5.69 Å². The summed E-state index contributed by atoms with van der Waals surface area (Å²) < 4.78 is 0.788. The van der Waals surface area contributed by atoms with Gasteiger partial charge in [-0.25, -0.2) is 0 Å². The molecule has 3 N–H and O–H groups in total. The van der Waals surface area contributed by atoms with E-state index >= 15 is 0 Å². The van der Waals surface area contributed by atoms with Gasteiger partial charge in [0.2, 0.25) is 5.16 Å². The number of nitrogens with two attached hydrogens (primary N) is 1. The van der Waals surface area contributed by atoms with Crippen LogP contribution in [0.4, 0.5) is 0 Å². The normalized spacial score (nSPS) is 10.1. The Morgan fingerprint density at radius 1 is 1.64 bits per heavy atom. The first-order valence-electron chi connectivity index (χ1n) is 3.58. The summed E-state index contributed by atoms with van der Waals surface area (Å²) >= 11 is 0.843. The van der Waals surface area contributed by atoms with Crippen LogP contribution < -0.4 is 11.4 Å². The fourth-order valence-corrected chi connectivity index (χ4v) is 1.27. The van der Waals surface area contributed by atoms with Crippen LogP contribution in [0.1, 0.15) is 5.69 Å². The van der Waals surface area contributed by atoms with Crippen LogP contribution in [0.15, 0.2) is 9.95 Å². The van der Waals surface area contributed by atoms with Gasteiger partial charge in [-0.15, -0.1) is 10.2 Å². The maximum atomic E-state index is 11.2. The fraction of sp³-hybridized carbons (Fsp3) is 0.333. The van der Waals surface area contributed by atoms with E-state index in [1.165, 1.54) is 6.92 Å². The Labute approximate surface area is 82.9 Å². The van der Waals surface area contributed by atoms with Crippen LogP contribution in [0, 0.1) is 6.92 Å². The molecule has 0 atom stereocenters. The summed E-state index contributed by atoms with van der Waals surface area (Å²) in [5.74, 6) is 4.13. The van der Waals surface area contributed by atoms with Gasteiger partial charge in [-0.1, -0.05) is 11.8 Å². The lowest BCUT2D eigenvalue weighted by atomic mass is 10.5. The van der Waals surface area contributed by atoms with Gasteiger partial charge in [-0.3, -0.25) is 9.59 Å². The van der Waals surface area contributed by atoms with Crippen molar-refractivity contribution in [2.45, 2.75) is 12.1 Å². The summed E-state index contributed by atoms with van der Waals surface area (Å²) in [6, 6.07) is 0. The molecule has 76 valence electrons. The van der Waals surface area contributed by atoms with Gasteiger partial charge >= 0.3 is 5.97 Å². The highest BCUT2D eigenvalue weighted by Gasteiger charge is 2.08. The lowest BCUT2D eigenvalue weighted by Gasteiger charge is -2.03. The van der Waals surface area contributed by atoms with Crippen LogP contribution in [0.2, 0.25) is 0 Å². The zero-order valence-electron chi connectivity index (χ0n) is 7.30. The maximum absolute atomic E-state index is 11.2. The molecule has 0 aliphatic carbocycles. The molecular weight excluding hydrogens is 208 g/mol. The summed E-state index contributed by atoms with van der Waals surface area (Å²) in [6.45, 7) is 1.48. The third-order valence-electron chi connectivity index (χ3n) is 1.34. The van der Waals surface area contributed by atoms with Gasteiger partial charge in [0.15, 0.2) is 0 Å². The Kier molecular flexibility index (Phi) is 3.07. The van der Waals surface area contributed by atoms with Gasteiger partial charge in [-0.2, -0.15) is 4.68 Å². The fourth-order valence-electron chi connectivity index (χ4n) is 0.695. The van der Waals surface area contributed by atoms with Crippen molar-refractivity contribution in [3.05, 3.63) is 16.0 Å². The van der Waals surface area contributed by atoms with Crippen LogP contribution in [-0.4, -0.2) is 31.7 Å². The molecule has 0 bridgehead atoms. The van der Waals surface area contributed by atoms with Gasteiger partial charge in [-0.05, 0) is 6.92 Å². The van der Waals surface area contributed by atoms with E-state index < -0.39 is 11.5 Å². The van der Waals surface area contributed by atoms with Crippen LogP contribution in [0.5, 0.6) is 0 Å². The van der Waals surface area contributed by atoms with Gasteiger partial charge in [0.05, 0.1) is 5.75 Å². The van der Waals surface area contributed by atoms with Crippen LogP contribution >= 0.6 is 11.8 Å². The molecule has 1 heterocycles. The quantitative estimate of drug-likeness (QED) is 0.484. The molecule has 0 saturated heterocycles. The topological polar surface area (TPSA) is 111 Å². The number of carboxylic acids is 1. The molecule has 0 radical (unpaired) electrons. The maximum Gasteiger partial charge on any atom is 0.313 e. The number of nitrogens with zero attached hydrogens (tertiary/aromatic N) is 3. The predicted octanol–water partition coefficient (Wildman–Crippen LogP) is -1.16. The lowest BCUT2D eigenvalue weighted by Crippen LogP contribution is -2.32. The molecule has 7 nitrogen and oxygen atoms in total. The van der Waals surface area contributed by atoms with Crippen molar-refractivity contribution < 1.29 is 9.90 Å². The highest BCUT2D eigenvalue weighted by Crippen LogP contribution is 2.09. The van der Waals surface area contributed by atoms with E-state index in [1.54, 1.807) is 0 Å². The molecule has 0 aliphatic rings. The smallest absolute Gasteiger partial charge is 0.313 e. The molecule has 0 saturated carbocycles. The molecule has 0 aliphatic heterocycles. The zero-order chi connectivity index (χ0) is 10.7. The molecule has 0 amide bonds. The van der Waals surface area contributed by atoms with Crippen molar-refractivity contribution in [2.24, 2.45) is 0 Å². The Bertz CT molecular complexity index is 416. The van der Waals surface area contributed by atoms with Gasteiger partial charge < -0.3 is 10.9 Å². The Morgan fingerprint density at radius 3 is 2.86 bits per heavy atom. The first-order chi connectivity index (χ1) is 6.52. The van der Waals surface area contributed by atoms with Crippen molar-refractivity contribution in [3.63, 3.8) is 0 Å². The second-order valence-electron chi connectivity index (χ2n) is 2.43. The van der Waals surface area contributed by atoms with Crippen LogP contribution in [0.3, 0.4) is 0 Å². The van der Waals surface area contributed by atoms with E-state index in [4.69, 9.17) is 10.9 Å². The Hall–Kier alpha value is -1.57. The number of carbonyl (C=O) groups is 1. The van der Waals surface area contributed by atoms with Crippen LogP contribution in [0.25, 0.3) is 0 Å². The third kappa shape index (κ3) is 2.22. The third-order valence-corrected chi connectivity index (χ3v) is 2.27. The van der Waals surface area contributed by atoms with Crippen molar-refractivity contribution in [1.29, 1.82) is 0 Å². The minimum absolute atomic E-state index is 0.0861. The summed E-state index contributed by atoms with van der Waals surface area (Å²) in [6.07, 6.45) is 0. The van der Waals surface area contributed by atoms with Crippen molar-refractivity contribution in [1.82, 2.24) is 14.9 Å². The van der Waals surface area contributed by atoms with Gasteiger partial charge in [0.25, 0.3) is 5.56 Å². The highest BCUT2D eigenvalue weighted by atomic mass is 32.2. The number of nitrogen functional groups attached to an aromatic ring is 1. The lowest BCUT2D eigenvalue weighted by molar-refractivity contribution is -0.133. The minimum Gasteiger partial charge on any atom is -0.481 e. The summed E-state index contributed by atoms with van der Waals surface area (Å²) in [5, 5.41) is 15.6. The summed E-state index contributed by atoms with van der Waals surface area (Å²) in [5.41, 5.74) is -0.305. The number of thioether (sulfide) groups is 1. The largest absolute Gasteiger partial charge is 0.481 e. The molecule has 1 aromatic heterocycles. The molecule has 8 heteroatoms. The molecule has 0 fully saturated rings. The van der Waals surface area contributed by atoms with E-state index in [1.807, 2.05) is 0 Å². The van der Waals surface area contributed by atoms with E-state index in [9.17, 15) is 9.59 Å². The first-order valence-corrected chi connectivity index (χ1v) is 4.57. The molecule has 1 aromatic rings. The summed E-state index contributed by atoms with van der Waals surface area (Å²) in [4.78, 5) is 21.4. The average Bonchev–Trinajstić information content (AvgIpc) is 2.13. The van der Waals surface area contributed by atoms with Crippen molar-refractivity contribution >= 4 is 17.7 Å². The molecular formula is C6H8N4O3S. The first kappa shape index (κ1) is 10.5. The molecule has 1 rings (SSSR count). The van der Waals surface area contributed by atoms with Crippen molar-refractivity contribution in [3.8, 4) is 0 Å². The summed E-state index contributed by atoms with van der Waals surface area (Å²) in [7, 11) is 0. The number of carboxylic acid groups (broad SMARTS) is 1. The number of hydrogen-bond donors (Lipinski definition) is 2. The van der Waals surface area contributed by atoms with E-state index in [0.29, 0.717) is 0 Å². The van der Waals surface area contributed by atoms with Crippen LogP contribution in [-0.2, 0) is 4.79 Å². The van der Waals surface area contributed by atoms with E-state index in [0.717, 1.165) is 16.4 Å². The number of aryl methyl sites for hydroxylation is 1. The second-order valence-corrected chi connectivity index (χ2v) is 3.37. The molecule has 0 unspecified atom stereocenters. The minimum atomic E-state index is -1.01. The standard InChI is InChI=1S/C6H8N4O3S/c1-3-5(13)10(7)6(9-8-3)14-2-4(11)12/h2,7H2,1H3,(H,11,12). The number of aliphatic carboxylic acids is 1. The Morgan fingerprint density at radius 2 is 2.29 bits per heavy atom.